The van der Waals surface area contributed by atoms with Crippen LogP contribution in [0.1, 0.15) is 30.8 Å². The quantitative estimate of drug-likeness (QED) is 0.644. The van der Waals surface area contributed by atoms with Crippen molar-refractivity contribution >= 4 is 46.8 Å². The van der Waals surface area contributed by atoms with Gasteiger partial charge in [-0.05, 0) is 24.6 Å². The van der Waals surface area contributed by atoms with Gasteiger partial charge in [0.1, 0.15) is 5.82 Å². The van der Waals surface area contributed by atoms with Crippen LogP contribution >= 0.6 is 35.0 Å². The van der Waals surface area contributed by atoms with Gasteiger partial charge in [-0.15, -0.1) is 10.2 Å². The zero-order valence-corrected chi connectivity index (χ0v) is 16.7. The maximum Gasteiger partial charge on any atom is 0.230 e. The monoisotopic (exact) mass is 415 g/mol. The molecule has 0 spiro atoms. The first-order valence-electron chi connectivity index (χ1n) is 7.81. The number of benzene rings is 1. The summed E-state index contributed by atoms with van der Waals surface area (Å²) in [6, 6.07) is 5.04. The number of aryl methyl sites for hydroxylation is 1. The summed E-state index contributed by atoms with van der Waals surface area (Å²) < 4.78 is 1.75. The molecule has 0 saturated carbocycles. The van der Waals surface area contributed by atoms with Gasteiger partial charge < -0.3 is 15.6 Å². The molecule has 1 heterocycles. The van der Waals surface area contributed by atoms with Crippen LogP contribution in [0.4, 0.5) is 0 Å². The van der Waals surface area contributed by atoms with E-state index in [9.17, 15) is 9.59 Å². The lowest BCUT2D eigenvalue weighted by atomic mass is 10.1. The van der Waals surface area contributed by atoms with Crippen LogP contribution in [-0.4, -0.2) is 32.3 Å². The Morgan fingerprint density at radius 3 is 2.69 bits per heavy atom. The lowest BCUT2D eigenvalue weighted by molar-refractivity contribution is -0.119. The van der Waals surface area contributed by atoms with E-state index >= 15 is 0 Å². The van der Waals surface area contributed by atoms with Crippen LogP contribution in [0.5, 0.6) is 0 Å². The van der Waals surface area contributed by atoms with Gasteiger partial charge in [0.2, 0.25) is 11.8 Å². The second kappa shape index (κ2) is 9.25. The molecular formula is C16H19Cl2N5O2S. The van der Waals surface area contributed by atoms with E-state index < -0.39 is 5.91 Å². The first kappa shape index (κ1) is 20.5. The van der Waals surface area contributed by atoms with E-state index in [0.29, 0.717) is 27.4 Å². The summed E-state index contributed by atoms with van der Waals surface area (Å²) in [7, 11) is 1.79. The van der Waals surface area contributed by atoms with Gasteiger partial charge in [0, 0.05) is 19.9 Å². The van der Waals surface area contributed by atoms with Gasteiger partial charge in [-0.2, -0.15) is 0 Å². The Kier molecular flexibility index (Phi) is 7.31. The van der Waals surface area contributed by atoms with Gasteiger partial charge in [0.15, 0.2) is 5.16 Å². The van der Waals surface area contributed by atoms with E-state index in [2.05, 4.69) is 15.5 Å². The summed E-state index contributed by atoms with van der Waals surface area (Å²) in [4.78, 5) is 23.0. The van der Waals surface area contributed by atoms with E-state index in [1.165, 1.54) is 11.8 Å². The van der Waals surface area contributed by atoms with Gasteiger partial charge in [0.05, 0.1) is 21.8 Å². The number of halogens is 2. The zero-order valence-electron chi connectivity index (χ0n) is 14.3. The third-order valence-corrected chi connectivity index (χ3v) is 5.43. The van der Waals surface area contributed by atoms with Crippen LogP contribution in [0.15, 0.2) is 23.4 Å². The molecule has 2 rings (SSSR count). The summed E-state index contributed by atoms with van der Waals surface area (Å²) in [6.07, 6.45) is 0.623. The molecule has 0 aliphatic heterocycles. The van der Waals surface area contributed by atoms with Crippen molar-refractivity contribution in [1.82, 2.24) is 20.1 Å². The van der Waals surface area contributed by atoms with Crippen molar-refractivity contribution in [2.24, 2.45) is 12.8 Å². The van der Waals surface area contributed by atoms with Gasteiger partial charge in [-0.1, -0.05) is 41.0 Å². The number of aromatic nitrogens is 3. The van der Waals surface area contributed by atoms with Crippen molar-refractivity contribution < 1.29 is 9.59 Å². The highest BCUT2D eigenvalue weighted by atomic mass is 35.5. The molecule has 3 N–H and O–H groups in total. The molecule has 0 saturated heterocycles. The number of carbonyl (C=O) groups excluding carboxylic acids is 2. The number of nitrogens with zero attached hydrogens (tertiary/aromatic N) is 3. The smallest absolute Gasteiger partial charge is 0.230 e. The molecule has 2 aromatic rings. The Bertz CT molecular complexity index is 812. The number of nitrogens with one attached hydrogen (secondary N) is 1. The molecule has 10 heteroatoms. The van der Waals surface area contributed by atoms with Crippen LogP contribution in [-0.2, 0) is 23.1 Å². The predicted molar refractivity (Wildman–Crippen MR) is 102 cm³/mol. The number of carbonyl (C=O) groups is 2. The average molecular weight is 416 g/mol. The molecule has 1 aromatic carbocycles. The molecule has 7 nitrogen and oxygen atoms in total. The SMILES string of the molecule is C[C@@H](NC(=O)CSc1nnc(CCC(N)=O)n1C)c1ccc(Cl)c(Cl)c1. The Labute approximate surface area is 165 Å². The van der Waals surface area contributed by atoms with Crippen LogP contribution < -0.4 is 11.1 Å². The van der Waals surface area contributed by atoms with Crippen molar-refractivity contribution in [3.63, 3.8) is 0 Å². The van der Waals surface area contributed by atoms with Gasteiger partial charge in [0.25, 0.3) is 0 Å². The summed E-state index contributed by atoms with van der Waals surface area (Å²) in [5.74, 6) is 0.303. The number of nitrogens with two attached hydrogens (primary N) is 1. The zero-order chi connectivity index (χ0) is 19.3. The molecule has 1 aromatic heterocycles. The fraction of sp³-hybridized carbons (Fsp3) is 0.375. The number of hydrogen-bond donors (Lipinski definition) is 2. The largest absolute Gasteiger partial charge is 0.370 e. The van der Waals surface area contributed by atoms with Gasteiger partial charge in [-0.25, -0.2) is 0 Å². The van der Waals surface area contributed by atoms with Crippen molar-refractivity contribution in [3.8, 4) is 0 Å². The molecule has 0 bridgehead atoms. The molecule has 1 atom stereocenters. The lowest BCUT2D eigenvalue weighted by Gasteiger charge is -2.14. The third-order valence-electron chi connectivity index (χ3n) is 3.67. The molecule has 26 heavy (non-hydrogen) atoms. The second-order valence-corrected chi connectivity index (χ2v) is 7.43. The Morgan fingerprint density at radius 2 is 2.04 bits per heavy atom. The molecule has 0 aliphatic rings. The summed E-state index contributed by atoms with van der Waals surface area (Å²) in [5.41, 5.74) is 6.00. The minimum atomic E-state index is -0.391. The number of primary amides is 1. The minimum absolute atomic E-state index is 0.143. The number of rotatable bonds is 8. The molecule has 0 radical (unpaired) electrons. The average Bonchev–Trinajstić information content (AvgIpc) is 2.93. The Hall–Kier alpha value is -1.77. The third kappa shape index (κ3) is 5.62. The van der Waals surface area contributed by atoms with Crippen LogP contribution in [0.25, 0.3) is 0 Å². The highest BCUT2D eigenvalue weighted by Crippen LogP contribution is 2.25. The standard InChI is InChI=1S/C16H19Cl2N5O2S/c1-9(10-3-4-11(17)12(18)7-10)20-15(25)8-26-16-22-21-14(23(16)2)6-5-13(19)24/h3-4,7,9H,5-6,8H2,1-2H3,(H2,19,24)(H,20,25)/t9-/m1/s1. The molecule has 0 aliphatic carbocycles. The molecular weight excluding hydrogens is 397 g/mol. The first-order chi connectivity index (χ1) is 12.3. The van der Waals surface area contributed by atoms with Crippen molar-refractivity contribution in [3.05, 3.63) is 39.6 Å². The lowest BCUT2D eigenvalue weighted by Crippen LogP contribution is -2.28. The summed E-state index contributed by atoms with van der Waals surface area (Å²) >= 11 is 13.2. The topological polar surface area (TPSA) is 103 Å². The van der Waals surface area contributed by atoms with Gasteiger partial charge >= 0.3 is 0 Å². The molecule has 0 unspecified atom stereocenters. The fourth-order valence-corrected chi connectivity index (χ4v) is 3.25. The number of amides is 2. The Morgan fingerprint density at radius 1 is 1.31 bits per heavy atom. The van der Waals surface area contributed by atoms with Crippen LogP contribution in [0.3, 0.4) is 0 Å². The maximum absolute atomic E-state index is 12.2. The second-order valence-electron chi connectivity index (χ2n) is 5.68. The highest BCUT2D eigenvalue weighted by Gasteiger charge is 2.14. The maximum atomic E-state index is 12.2. The van der Waals surface area contributed by atoms with E-state index in [1.54, 1.807) is 23.7 Å². The Balaban J connectivity index is 1.88. The van der Waals surface area contributed by atoms with Gasteiger partial charge in [-0.3, -0.25) is 9.59 Å². The van der Waals surface area contributed by atoms with E-state index in [4.69, 9.17) is 28.9 Å². The summed E-state index contributed by atoms with van der Waals surface area (Å²) in [6.45, 7) is 1.87. The summed E-state index contributed by atoms with van der Waals surface area (Å²) in [5, 5.41) is 12.5. The molecule has 140 valence electrons. The van der Waals surface area contributed by atoms with E-state index in [-0.39, 0.29) is 24.1 Å². The predicted octanol–water partition coefficient (Wildman–Crippen LogP) is 2.51. The normalized spacial score (nSPS) is 12.0. The van der Waals surface area contributed by atoms with Crippen molar-refractivity contribution in [2.75, 3.05) is 5.75 Å². The number of thioether (sulfide) groups is 1. The number of hydrogen-bond acceptors (Lipinski definition) is 5. The van der Waals surface area contributed by atoms with E-state index in [0.717, 1.165) is 5.56 Å². The first-order valence-corrected chi connectivity index (χ1v) is 9.55. The van der Waals surface area contributed by atoms with Crippen LogP contribution in [0.2, 0.25) is 10.0 Å². The molecule has 2 amide bonds. The molecule has 0 fully saturated rings. The minimum Gasteiger partial charge on any atom is -0.370 e. The highest BCUT2D eigenvalue weighted by molar-refractivity contribution is 7.99. The van der Waals surface area contributed by atoms with Crippen LogP contribution in [0, 0.1) is 0 Å². The van der Waals surface area contributed by atoms with E-state index in [1.807, 2.05) is 13.0 Å². The van der Waals surface area contributed by atoms with Crippen molar-refractivity contribution in [2.45, 2.75) is 31.0 Å². The van der Waals surface area contributed by atoms with Crippen molar-refractivity contribution in [1.29, 1.82) is 0 Å². The fourth-order valence-electron chi connectivity index (χ4n) is 2.20.